The Morgan fingerprint density at radius 1 is 1.56 bits per heavy atom. The van der Waals surface area contributed by atoms with Crippen molar-refractivity contribution < 1.29 is 0 Å². The molecule has 0 saturated carbocycles. The van der Waals surface area contributed by atoms with E-state index in [1.807, 2.05) is 0 Å². The molecular weight excluding hydrogens is 108 g/mol. The molecular formula is C9H17. The molecule has 53 valence electrons. The van der Waals surface area contributed by atoms with Crippen LogP contribution in [0.15, 0.2) is 12.2 Å². The SMILES string of the molecule is [CH2]C/C=C/C(C)CCC. The van der Waals surface area contributed by atoms with Crippen molar-refractivity contribution in [3.05, 3.63) is 19.1 Å². The molecule has 0 aliphatic heterocycles. The second kappa shape index (κ2) is 5.87. The van der Waals surface area contributed by atoms with Gasteiger partial charge in [-0.3, -0.25) is 0 Å². The van der Waals surface area contributed by atoms with E-state index in [2.05, 4.69) is 32.9 Å². The van der Waals surface area contributed by atoms with Gasteiger partial charge in [0.25, 0.3) is 0 Å². The summed E-state index contributed by atoms with van der Waals surface area (Å²) in [5, 5.41) is 0. The van der Waals surface area contributed by atoms with Gasteiger partial charge in [0.15, 0.2) is 0 Å². The summed E-state index contributed by atoms with van der Waals surface area (Å²) < 4.78 is 0. The third kappa shape index (κ3) is 5.61. The molecule has 1 radical (unpaired) electrons. The van der Waals surface area contributed by atoms with Crippen LogP contribution in [0.4, 0.5) is 0 Å². The van der Waals surface area contributed by atoms with E-state index in [0.717, 1.165) is 12.3 Å². The van der Waals surface area contributed by atoms with Gasteiger partial charge in [0.1, 0.15) is 0 Å². The second-order valence-corrected chi connectivity index (χ2v) is 2.48. The van der Waals surface area contributed by atoms with Crippen LogP contribution in [0.5, 0.6) is 0 Å². The lowest BCUT2D eigenvalue weighted by atomic mass is 10.1. The van der Waals surface area contributed by atoms with Gasteiger partial charge in [-0.15, -0.1) is 0 Å². The summed E-state index contributed by atoms with van der Waals surface area (Å²) in [7, 11) is 0. The predicted molar refractivity (Wildman–Crippen MR) is 43.2 cm³/mol. The van der Waals surface area contributed by atoms with E-state index in [1.165, 1.54) is 12.8 Å². The smallest absolute Gasteiger partial charge is 0.0262 e. The maximum atomic E-state index is 3.73. The third-order valence-corrected chi connectivity index (χ3v) is 1.38. The Morgan fingerprint density at radius 2 is 2.22 bits per heavy atom. The molecule has 0 aliphatic rings. The molecule has 0 aromatic carbocycles. The van der Waals surface area contributed by atoms with Crippen LogP contribution in [-0.4, -0.2) is 0 Å². The van der Waals surface area contributed by atoms with Crippen LogP contribution in [0, 0.1) is 12.8 Å². The fourth-order valence-corrected chi connectivity index (χ4v) is 0.880. The van der Waals surface area contributed by atoms with Crippen LogP contribution in [-0.2, 0) is 0 Å². The number of hydrogen-bond donors (Lipinski definition) is 0. The maximum Gasteiger partial charge on any atom is -0.0262 e. The number of rotatable bonds is 4. The molecule has 0 fully saturated rings. The minimum absolute atomic E-state index is 0.747. The van der Waals surface area contributed by atoms with Gasteiger partial charge in [-0.05, 0) is 25.7 Å². The Hall–Kier alpha value is -0.260. The summed E-state index contributed by atoms with van der Waals surface area (Å²) in [6.07, 6.45) is 7.89. The van der Waals surface area contributed by atoms with Gasteiger partial charge in [-0.25, -0.2) is 0 Å². The van der Waals surface area contributed by atoms with Gasteiger partial charge in [0.2, 0.25) is 0 Å². The molecule has 0 amide bonds. The molecule has 0 heterocycles. The zero-order chi connectivity index (χ0) is 7.11. The van der Waals surface area contributed by atoms with Crippen LogP contribution < -0.4 is 0 Å². The van der Waals surface area contributed by atoms with Crippen LogP contribution in [0.1, 0.15) is 33.1 Å². The van der Waals surface area contributed by atoms with Crippen LogP contribution >= 0.6 is 0 Å². The van der Waals surface area contributed by atoms with Crippen molar-refractivity contribution >= 4 is 0 Å². The topological polar surface area (TPSA) is 0 Å². The summed E-state index contributed by atoms with van der Waals surface area (Å²) in [4.78, 5) is 0. The molecule has 0 aliphatic carbocycles. The molecule has 0 N–H and O–H groups in total. The predicted octanol–water partition coefficient (Wildman–Crippen LogP) is 3.20. The molecule has 0 rings (SSSR count). The van der Waals surface area contributed by atoms with Crippen molar-refractivity contribution in [2.45, 2.75) is 33.1 Å². The van der Waals surface area contributed by atoms with Crippen molar-refractivity contribution in [2.75, 3.05) is 0 Å². The van der Waals surface area contributed by atoms with E-state index in [-0.39, 0.29) is 0 Å². The molecule has 9 heavy (non-hydrogen) atoms. The van der Waals surface area contributed by atoms with Gasteiger partial charge >= 0.3 is 0 Å². The second-order valence-electron chi connectivity index (χ2n) is 2.48. The average molecular weight is 125 g/mol. The quantitative estimate of drug-likeness (QED) is 0.506. The zero-order valence-electron chi connectivity index (χ0n) is 6.56. The van der Waals surface area contributed by atoms with Crippen molar-refractivity contribution in [2.24, 2.45) is 5.92 Å². The third-order valence-electron chi connectivity index (χ3n) is 1.38. The largest absolute Gasteiger partial charge is 0.0883 e. The minimum atomic E-state index is 0.747. The lowest BCUT2D eigenvalue weighted by Crippen LogP contribution is -1.86. The minimum Gasteiger partial charge on any atom is -0.0883 e. The first-order valence-corrected chi connectivity index (χ1v) is 3.77. The first-order valence-electron chi connectivity index (χ1n) is 3.77. The fraction of sp³-hybridized carbons (Fsp3) is 0.667. The average Bonchev–Trinajstić information content (AvgIpc) is 1.85. The van der Waals surface area contributed by atoms with E-state index in [1.54, 1.807) is 0 Å². The zero-order valence-corrected chi connectivity index (χ0v) is 6.56. The number of allylic oxidation sites excluding steroid dienone is 2. The van der Waals surface area contributed by atoms with Gasteiger partial charge in [0, 0.05) is 0 Å². The van der Waals surface area contributed by atoms with E-state index in [4.69, 9.17) is 0 Å². The highest BCUT2D eigenvalue weighted by Crippen LogP contribution is 2.05. The van der Waals surface area contributed by atoms with Gasteiger partial charge in [-0.2, -0.15) is 0 Å². The summed E-state index contributed by atoms with van der Waals surface area (Å²) in [5.41, 5.74) is 0. The molecule has 0 aromatic heterocycles. The first-order chi connectivity index (χ1) is 4.31. The van der Waals surface area contributed by atoms with Crippen molar-refractivity contribution in [1.29, 1.82) is 0 Å². The van der Waals surface area contributed by atoms with Crippen LogP contribution in [0.3, 0.4) is 0 Å². The highest BCUT2D eigenvalue weighted by atomic mass is 14.0. The van der Waals surface area contributed by atoms with E-state index >= 15 is 0 Å². The molecule has 0 aromatic rings. The Kier molecular flexibility index (Phi) is 5.70. The van der Waals surface area contributed by atoms with Crippen molar-refractivity contribution in [3.8, 4) is 0 Å². The van der Waals surface area contributed by atoms with Crippen molar-refractivity contribution in [1.82, 2.24) is 0 Å². The summed E-state index contributed by atoms with van der Waals surface area (Å²) in [5.74, 6) is 0.747. The van der Waals surface area contributed by atoms with E-state index in [0.29, 0.717) is 0 Å². The maximum absolute atomic E-state index is 3.73. The monoisotopic (exact) mass is 125 g/mol. The summed E-state index contributed by atoms with van der Waals surface area (Å²) in [6, 6.07) is 0. The van der Waals surface area contributed by atoms with E-state index < -0.39 is 0 Å². The van der Waals surface area contributed by atoms with Crippen molar-refractivity contribution in [3.63, 3.8) is 0 Å². The molecule has 0 bridgehead atoms. The lowest BCUT2D eigenvalue weighted by Gasteiger charge is -2.00. The Morgan fingerprint density at radius 3 is 2.67 bits per heavy atom. The van der Waals surface area contributed by atoms with Gasteiger partial charge < -0.3 is 0 Å². The Balaban J connectivity index is 3.25. The lowest BCUT2D eigenvalue weighted by molar-refractivity contribution is 0.633. The standard InChI is InChI=1S/C9H17/c1-4-6-8-9(3)7-5-2/h6,8-9H,1,4-5,7H2,2-3H3/b8-6+. The summed E-state index contributed by atoms with van der Waals surface area (Å²) >= 11 is 0. The molecule has 0 spiro atoms. The first kappa shape index (κ1) is 8.74. The Labute approximate surface area is 59.0 Å². The normalized spacial score (nSPS) is 14.6. The van der Waals surface area contributed by atoms with Gasteiger partial charge in [0.05, 0.1) is 0 Å². The highest BCUT2D eigenvalue weighted by Gasteiger charge is 1.91. The molecule has 1 atom stereocenters. The number of hydrogen-bond acceptors (Lipinski definition) is 0. The molecule has 1 unspecified atom stereocenters. The molecule has 0 heteroatoms. The van der Waals surface area contributed by atoms with Crippen LogP contribution in [0.25, 0.3) is 0 Å². The van der Waals surface area contributed by atoms with E-state index in [9.17, 15) is 0 Å². The Bertz CT molecular complexity index is 72.1. The molecule has 0 saturated heterocycles. The van der Waals surface area contributed by atoms with Crippen LogP contribution in [0.2, 0.25) is 0 Å². The molecule has 0 nitrogen and oxygen atoms in total. The van der Waals surface area contributed by atoms with Gasteiger partial charge in [-0.1, -0.05) is 32.4 Å². The fourth-order valence-electron chi connectivity index (χ4n) is 0.880. The highest BCUT2D eigenvalue weighted by molar-refractivity contribution is 4.86. The summed E-state index contributed by atoms with van der Waals surface area (Å²) in [6.45, 7) is 8.19.